The maximum absolute atomic E-state index is 13.7. The summed E-state index contributed by atoms with van der Waals surface area (Å²) in [6, 6.07) is 6.67. The second kappa shape index (κ2) is 6.27. The molecule has 1 fully saturated rings. The number of rotatable bonds is 3. The summed E-state index contributed by atoms with van der Waals surface area (Å²) in [4.78, 5) is 18.7. The maximum Gasteiger partial charge on any atom is 0.293 e. The van der Waals surface area contributed by atoms with Crippen molar-refractivity contribution in [2.24, 2.45) is 5.73 Å². The predicted molar refractivity (Wildman–Crippen MR) is 83.4 cm³/mol. The highest BCUT2D eigenvalue weighted by Gasteiger charge is 2.20. The molecular formula is C16H19FN4O. The van der Waals surface area contributed by atoms with Gasteiger partial charge in [0.05, 0.1) is 6.54 Å². The van der Waals surface area contributed by atoms with Crippen molar-refractivity contribution in [2.75, 3.05) is 18.0 Å². The summed E-state index contributed by atoms with van der Waals surface area (Å²) in [7, 11) is 0. The minimum atomic E-state index is -0.309. The molecule has 0 atom stereocenters. The molecule has 2 N–H and O–H groups in total. The highest BCUT2D eigenvalue weighted by Crippen LogP contribution is 2.14. The Bertz CT molecular complexity index is 707. The van der Waals surface area contributed by atoms with Gasteiger partial charge in [-0.2, -0.15) is 0 Å². The molecule has 2 heterocycles. The van der Waals surface area contributed by atoms with Crippen LogP contribution in [0.5, 0.6) is 0 Å². The van der Waals surface area contributed by atoms with E-state index < -0.39 is 0 Å². The number of nitrogens with zero attached hydrogens (tertiary/aromatic N) is 3. The number of hydrogen-bond donors (Lipinski definition) is 1. The average Bonchev–Trinajstić information content (AvgIpc) is 2.52. The zero-order valence-corrected chi connectivity index (χ0v) is 12.3. The summed E-state index contributed by atoms with van der Waals surface area (Å²) >= 11 is 0. The van der Waals surface area contributed by atoms with Crippen LogP contribution in [0.4, 0.5) is 10.2 Å². The quantitative estimate of drug-likeness (QED) is 0.930. The molecule has 0 saturated carbocycles. The fourth-order valence-electron chi connectivity index (χ4n) is 2.70. The Morgan fingerprint density at radius 1 is 1.27 bits per heavy atom. The zero-order valence-electron chi connectivity index (χ0n) is 12.3. The van der Waals surface area contributed by atoms with Crippen molar-refractivity contribution in [3.8, 4) is 0 Å². The van der Waals surface area contributed by atoms with Crippen molar-refractivity contribution in [3.05, 3.63) is 58.4 Å². The molecule has 3 rings (SSSR count). The zero-order chi connectivity index (χ0) is 15.5. The fourth-order valence-corrected chi connectivity index (χ4v) is 2.70. The van der Waals surface area contributed by atoms with E-state index in [1.165, 1.54) is 10.6 Å². The molecule has 5 nitrogen and oxygen atoms in total. The lowest BCUT2D eigenvalue weighted by atomic mass is 10.1. The van der Waals surface area contributed by atoms with Crippen molar-refractivity contribution >= 4 is 5.82 Å². The van der Waals surface area contributed by atoms with Gasteiger partial charge in [-0.05, 0) is 18.9 Å². The van der Waals surface area contributed by atoms with E-state index in [-0.39, 0.29) is 24.0 Å². The van der Waals surface area contributed by atoms with E-state index in [0.29, 0.717) is 11.4 Å². The largest absolute Gasteiger partial charge is 0.352 e. The van der Waals surface area contributed by atoms with E-state index >= 15 is 0 Å². The number of benzene rings is 1. The summed E-state index contributed by atoms with van der Waals surface area (Å²) in [5.74, 6) is 0.113. The smallest absolute Gasteiger partial charge is 0.293 e. The molecule has 0 radical (unpaired) electrons. The summed E-state index contributed by atoms with van der Waals surface area (Å²) in [6.07, 6.45) is 4.88. The molecule has 22 heavy (non-hydrogen) atoms. The molecule has 1 saturated heterocycles. The number of halogens is 1. The fraction of sp³-hybridized carbons (Fsp3) is 0.375. The van der Waals surface area contributed by atoms with Crippen LogP contribution in [0.3, 0.4) is 0 Å². The second-order valence-corrected chi connectivity index (χ2v) is 5.60. The first-order valence-corrected chi connectivity index (χ1v) is 7.44. The number of hydrogen-bond acceptors (Lipinski definition) is 4. The standard InChI is InChI=1S/C16H19FN4O/c17-14-4-2-1-3-12(14)11-21-10-7-19-15(16(21)22)20-8-5-13(18)6-9-20/h1-4,7,10,13H,5-6,8-9,11,18H2. The van der Waals surface area contributed by atoms with Gasteiger partial charge >= 0.3 is 0 Å². The van der Waals surface area contributed by atoms with Gasteiger partial charge in [-0.3, -0.25) is 4.79 Å². The van der Waals surface area contributed by atoms with Crippen LogP contribution in [0.2, 0.25) is 0 Å². The molecule has 0 spiro atoms. The van der Waals surface area contributed by atoms with Crippen LogP contribution in [0.15, 0.2) is 41.5 Å². The Balaban J connectivity index is 1.86. The van der Waals surface area contributed by atoms with Crippen LogP contribution in [-0.4, -0.2) is 28.7 Å². The molecule has 0 unspecified atom stereocenters. The molecule has 0 aliphatic carbocycles. The van der Waals surface area contributed by atoms with E-state index in [1.807, 2.05) is 4.90 Å². The number of piperidine rings is 1. The number of nitrogens with two attached hydrogens (primary N) is 1. The molecule has 6 heteroatoms. The molecule has 2 aromatic rings. The van der Waals surface area contributed by atoms with Gasteiger partial charge in [0.1, 0.15) is 5.82 Å². The molecule has 1 aromatic carbocycles. The lowest BCUT2D eigenvalue weighted by Gasteiger charge is -2.30. The monoisotopic (exact) mass is 302 g/mol. The van der Waals surface area contributed by atoms with Gasteiger partial charge < -0.3 is 15.2 Å². The third-order valence-corrected chi connectivity index (χ3v) is 4.03. The van der Waals surface area contributed by atoms with Crippen LogP contribution in [0, 0.1) is 5.82 Å². The number of anilines is 1. The Kier molecular flexibility index (Phi) is 4.20. The highest BCUT2D eigenvalue weighted by atomic mass is 19.1. The Morgan fingerprint density at radius 2 is 2.00 bits per heavy atom. The van der Waals surface area contributed by atoms with Crippen molar-refractivity contribution in [1.82, 2.24) is 9.55 Å². The molecule has 1 aliphatic heterocycles. The highest BCUT2D eigenvalue weighted by molar-refractivity contribution is 5.36. The van der Waals surface area contributed by atoms with Crippen molar-refractivity contribution in [3.63, 3.8) is 0 Å². The van der Waals surface area contributed by atoms with Crippen molar-refractivity contribution in [2.45, 2.75) is 25.4 Å². The first-order chi connectivity index (χ1) is 10.6. The van der Waals surface area contributed by atoms with Crippen LogP contribution < -0.4 is 16.2 Å². The number of aromatic nitrogens is 2. The second-order valence-electron chi connectivity index (χ2n) is 5.60. The Morgan fingerprint density at radius 3 is 2.73 bits per heavy atom. The van der Waals surface area contributed by atoms with Crippen LogP contribution in [0.25, 0.3) is 0 Å². The van der Waals surface area contributed by atoms with Crippen molar-refractivity contribution < 1.29 is 4.39 Å². The first kappa shape index (κ1) is 14.7. The lowest BCUT2D eigenvalue weighted by Crippen LogP contribution is -2.43. The normalized spacial score (nSPS) is 16.0. The topological polar surface area (TPSA) is 64.2 Å². The minimum Gasteiger partial charge on any atom is -0.352 e. The minimum absolute atomic E-state index is 0.193. The average molecular weight is 302 g/mol. The van der Waals surface area contributed by atoms with Gasteiger partial charge in [-0.15, -0.1) is 0 Å². The molecule has 116 valence electrons. The molecule has 1 aromatic heterocycles. The van der Waals surface area contributed by atoms with Crippen molar-refractivity contribution in [1.29, 1.82) is 0 Å². The molecule has 0 bridgehead atoms. The van der Waals surface area contributed by atoms with Crippen LogP contribution in [-0.2, 0) is 6.54 Å². The predicted octanol–water partition coefficient (Wildman–Crippen LogP) is 1.36. The SMILES string of the molecule is NC1CCN(c2nccn(Cc3ccccc3F)c2=O)CC1. The van der Waals surface area contributed by atoms with Gasteiger partial charge in [0, 0.05) is 37.1 Å². The summed E-state index contributed by atoms with van der Waals surface area (Å²) in [6.45, 7) is 1.66. The molecule has 0 amide bonds. The third-order valence-electron chi connectivity index (χ3n) is 4.03. The van der Waals surface area contributed by atoms with E-state index in [4.69, 9.17) is 5.73 Å². The van der Waals surface area contributed by atoms with Crippen LogP contribution >= 0.6 is 0 Å². The van der Waals surface area contributed by atoms with Gasteiger partial charge in [-0.1, -0.05) is 18.2 Å². The van der Waals surface area contributed by atoms with Gasteiger partial charge in [0.15, 0.2) is 5.82 Å². The van der Waals surface area contributed by atoms with Gasteiger partial charge in [0.25, 0.3) is 5.56 Å². The summed E-state index contributed by atoms with van der Waals surface area (Å²) in [5, 5.41) is 0. The van der Waals surface area contributed by atoms with E-state index in [9.17, 15) is 9.18 Å². The summed E-state index contributed by atoms with van der Waals surface area (Å²) < 4.78 is 15.2. The first-order valence-electron chi connectivity index (χ1n) is 7.44. The van der Waals surface area contributed by atoms with E-state index in [1.54, 1.807) is 30.6 Å². The van der Waals surface area contributed by atoms with Gasteiger partial charge in [-0.25, -0.2) is 9.37 Å². The lowest BCUT2D eigenvalue weighted by molar-refractivity contribution is 0.495. The van der Waals surface area contributed by atoms with E-state index in [2.05, 4.69) is 4.98 Å². The van der Waals surface area contributed by atoms with E-state index in [0.717, 1.165) is 25.9 Å². The summed E-state index contributed by atoms with van der Waals surface area (Å²) in [5.41, 5.74) is 6.18. The van der Waals surface area contributed by atoms with Gasteiger partial charge in [0.2, 0.25) is 0 Å². The molecule has 1 aliphatic rings. The third kappa shape index (κ3) is 3.01. The van der Waals surface area contributed by atoms with Crippen LogP contribution in [0.1, 0.15) is 18.4 Å². The molecular weight excluding hydrogens is 283 g/mol. The Labute approximate surface area is 128 Å². The Hall–Kier alpha value is -2.21. The maximum atomic E-state index is 13.7.